The maximum Gasteiger partial charge on any atom is 0.328 e. The zero-order valence-electron chi connectivity index (χ0n) is 10.8. The number of aryl methyl sites for hydroxylation is 1. The SMILES string of the molecule is Cn1c(C2CCC2)nc2ccc(/C=C/C(=O)O)cc21. The quantitative estimate of drug-likeness (QED) is 0.859. The average Bonchev–Trinajstić information content (AvgIpc) is 2.62. The molecule has 3 rings (SSSR count). The number of benzene rings is 1. The lowest BCUT2D eigenvalue weighted by Crippen LogP contribution is -2.13. The topological polar surface area (TPSA) is 55.1 Å². The maximum atomic E-state index is 10.5. The minimum atomic E-state index is -0.930. The van der Waals surface area contributed by atoms with Gasteiger partial charge in [0.05, 0.1) is 11.0 Å². The number of imidazole rings is 1. The lowest BCUT2D eigenvalue weighted by Gasteiger charge is -2.24. The summed E-state index contributed by atoms with van der Waals surface area (Å²) in [6.07, 6.45) is 6.51. The number of hydrogen-bond acceptors (Lipinski definition) is 2. The molecule has 0 amide bonds. The van der Waals surface area contributed by atoms with Gasteiger partial charge in [0.1, 0.15) is 5.82 Å². The number of nitrogens with zero attached hydrogens (tertiary/aromatic N) is 2. The van der Waals surface area contributed by atoms with Crippen molar-refractivity contribution < 1.29 is 9.90 Å². The van der Waals surface area contributed by atoms with Gasteiger partial charge in [-0.05, 0) is 36.6 Å². The van der Waals surface area contributed by atoms with E-state index in [4.69, 9.17) is 10.1 Å². The number of carbonyl (C=O) groups is 1. The van der Waals surface area contributed by atoms with Crippen LogP contribution in [0.5, 0.6) is 0 Å². The van der Waals surface area contributed by atoms with Crippen molar-refractivity contribution in [3.8, 4) is 0 Å². The molecule has 0 spiro atoms. The van der Waals surface area contributed by atoms with Crippen molar-refractivity contribution in [2.45, 2.75) is 25.2 Å². The number of carboxylic acid groups (broad SMARTS) is 1. The molecule has 2 aromatic rings. The van der Waals surface area contributed by atoms with Gasteiger partial charge < -0.3 is 9.67 Å². The first-order valence-corrected chi connectivity index (χ1v) is 6.52. The lowest BCUT2D eigenvalue weighted by molar-refractivity contribution is -0.131. The van der Waals surface area contributed by atoms with E-state index >= 15 is 0 Å². The van der Waals surface area contributed by atoms with Gasteiger partial charge in [-0.1, -0.05) is 12.5 Å². The summed E-state index contributed by atoms with van der Waals surface area (Å²) in [6, 6.07) is 5.85. The molecule has 0 atom stereocenters. The van der Waals surface area contributed by atoms with E-state index in [-0.39, 0.29) is 0 Å². The molecule has 4 heteroatoms. The van der Waals surface area contributed by atoms with Gasteiger partial charge in [-0.15, -0.1) is 0 Å². The molecule has 4 nitrogen and oxygen atoms in total. The predicted molar refractivity (Wildman–Crippen MR) is 74.0 cm³/mol. The molecule has 0 unspecified atom stereocenters. The van der Waals surface area contributed by atoms with Gasteiger partial charge in [0.2, 0.25) is 0 Å². The molecule has 1 aromatic heterocycles. The van der Waals surface area contributed by atoms with Crippen molar-refractivity contribution in [1.82, 2.24) is 9.55 Å². The van der Waals surface area contributed by atoms with Crippen LogP contribution in [0, 0.1) is 0 Å². The summed E-state index contributed by atoms with van der Waals surface area (Å²) >= 11 is 0. The molecule has 1 fully saturated rings. The summed E-state index contributed by atoms with van der Waals surface area (Å²) in [5, 5.41) is 8.65. The number of aliphatic carboxylic acids is 1. The highest BCUT2D eigenvalue weighted by atomic mass is 16.4. The predicted octanol–water partition coefficient (Wildman–Crippen LogP) is 2.94. The molecular formula is C15H16N2O2. The summed E-state index contributed by atoms with van der Waals surface area (Å²) in [4.78, 5) is 15.2. The molecule has 1 saturated carbocycles. The molecule has 1 aliphatic rings. The van der Waals surface area contributed by atoms with Gasteiger partial charge >= 0.3 is 5.97 Å². The minimum absolute atomic E-state index is 0.593. The third kappa shape index (κ3) is 2.14. The summed E-state index contributed by atoms with van der Waals surface area (Å²) < 4.78 is 2.14. The number of aromatic nitrogens is 2. The zero-order chi connectivity index (χ0) is 13.4. The lowest BCUT2D eigenvalue weighted by atomic mass is 9.85. The van der Waals surface area contributed by atoms with E-state index in [1.807, 2.05) is 25.2 Å². The van der Waals surface area contributed by atoms with E-state index in [9.17, 15) is 4.79 Å². The monoisotopic (exact) mass is 256 g/mol. The van der Waals surface area contributed by atoms with E-state index in [1.165, 1.54) is 19.3 Å². The van der Waals surface area contributed by atoms with E-state index in [2.05, 4.69) is 4.57 Å². The van der Waals surface area contributed by atoms with Crippen LogP contribution in [0.25, 0.3) is 17.1 Å². The van der Waals surface area contributed by atoms with Gasteiger partial charge in [0.15, 0.2) is 0 Å². The molecular weight excluding hydrogens is 240 g/mol. The van der Waals surface area contributed by atoms with Crippen LogP contribution in [0.3, 0.4) is 0 Å². The van der Waals surface area contributed by atoms with Gasteiger partial charge in [0.25, 0.3) is 0 Å². The van der Waals surface area contributed by atoms with E-state index < -0.39 is 5.97 Å². The second kappa shape index (κ2) is 4.53. The Morgan fingerprint density at radius 3 is 2.89 bits per heavy atom. The first-order chi connectivity index (χ1) is 9.15. The largest absolute Gasteiger partial charge is 0.478 e. The van der Waals surface area contributed by atoms with Crippen molar-refractivity contribution in [2.24, 2.45) is 7.05 Å². The van der Waals surface area contributed by atoms with Crippen LogP contribution < -0.4 is 0 Å². The second-order valence-corrected chi connectivity index (χ2v) is 5.08. The van der Waals surface area contributed by atoms with Crippen molar-refractivity contribution in [3.63, 3.8) is 0 Å². The molecule has 1 heterocycles. The van der Waals surface area contributed by atoms with Crippen molar-refractivity contribution >= 4 is 23.1 Å². The first-order valence-electron chi connectivity index (χ1n) is 6.52. The Balaban J connectivity index is 2.02. The standard InChI is InChI=1S/C15H16N2O2/c1-17-13-9-10(6-8-14(18)19)5-7-12(13)16-15(17)11-3-2-4-11/h5-9,11H,2-4H2,1H3,(H,18,19)/b8-6+. The summed E-state index contributed by atoms with van der Waals surface area (Å²) in [5.41, 5.74) is 2.93. The molecule has 0 radical (unpaired) electrons. The van der Waals surface area contributed by atoms with Gasteiger partial charge in [0, 0.05) is 19.0 Å². The van der Waals surface area contributed by atoms with Crippen molar-refractivity contribution in [1.29, 1.82) is 0 Å². The third-order valence-electron chi connectivity index (χ3n) is 3.83. The first kappa shape index (κ1) is 12.0. The maximum absolute atomic E-state index is 10.5. The van der Waals surface area contributed by atoms with Crippen LogP contribution in [-0.2, 0) is 11.8 Å². The fraction of sp³-hybridized carbons (Fsp3) is 0.333. The Morgan fingerprint density at radius 1 is 1.47 bits per heavy atom. The van der Waals surface area contributed by atoms with Gasteiger partial charge in [-0.25, -0.2) is 9.78 Å². The highest BCUT2D eigenvalue weighted by Crippen LogP contribution is 2.36. The highest BCUT2D eigenvalue weighted by molar-refractivity contribution is 5.87. The molecule has 0 bridgehead atoms. The summed E-state index contributed by atoms with van der Waals surface area (Å²) in [5.74, 6) is 0.816. The van der Waals surface area contributed by atoms with Gasteiger partial charge in [-0.3, -0.25) is 0 Å². The number of carboxylic acids is 1. The van der Waals surface area contributed by atoms with Crippen LogP contribution in [-0.4, -0.2) is 20.6 Å². The normalized spacial score (nSPS) is 16.1. The molecule has 0 aliphatic heterocycles. The average molecular weight is 256 g/mol. The van der Waals surface area contributed by atoms with E-state index in [0.717, 1.165) is 28.5 Å². The molecule has 0 saturated heterocycles. The number of rotatable bonds is 3. The molecule has 1 aliphatic carbocycles. The molecule has 1 N–H and O–H groups in total. The van der Waals surface area contributed by atoms with Crippen LogP contribution >= 0.6 is 0 Å². The minimum Gasteiger partial charge on any atom is -0.478 e. The fourth-order valence-corrected chi connectivity index (χ4v) is 2.53. The smallest absolute Gasteiger partial charge is 0.328 e. The third-order valence-corrected chi connectivity index (χ3v) is 3.83. The Bertz CT molecular complexity index is 666. The Kier molecular flexibility index (Phi) is 2.85. The second-order valence-electron chi connectivity index (χ2n) is 5.08. The summed E-state index contributed by atoms with van der Waals surface area (Å²) in [6.45, 7) is 0. The van der Waals surface area contributed by atoms with Crippen molar-refractivity contribution in [2.75, 3.05) is 0 Å². The highest BCUT2D eigenvalue weighted by Gasteiger charge is 2.24. The van der Waals surface area contributed by atoms with E-state index in [1.54, 1.807) is 6.08 Å². The number of fused-ring (bicyclic) bond motifs is 1. The number of hydrogen-bond donors (Lipinski definition) is 1. The van der Waals surface area contributed by atoms with Crippen LogP contribution in [0.15, 0.2) is 24.3 Å². The van der Waals surface area contributed by atoms with Crippen LogP contribution in [0.4, 0.5) is 0 Å². The zero-order valence-corrected chi connectivity index (χ0v) is 10.8. The van der Waals surface area contributed by atoms with Crippen molar-refractivity contribution in [3.05, 3.63) is 35.7 Å². The van der Waals surface area contributed by atoms with E-state index in [0.29, 0.717) is 5.92 Å². The Morgan fingerprint density at radius 2 is 2.26 bits per heavy atom. The Labute approximate surface area is 111 Å². The summed E-state index contributed by atoms with van der Waals surface area (Å²) in [7, 11) is 2.04. The molecule has 19 heavy (non-hydrogen) atoms. The van der Waals surface area contributed by atoms with Crippen LogP contribution in [0.2, 0.25) is 0 Å². The fourth-order valence-electron chi connectivity index (χ4n) is 2.53. The Hall–Kier alpha value is -2.10. The molecule has 98 valence electrons. The van der Waals surface area contributed by atoms with Crippen LogP contribution in [0.1, 0.15) is 36.6 Å². The van der Waals surface area contributed by atoms with Gasteiger partial charge in [-0.2, -0.15) is 0 Å². The molecule has 1 aromatic carbocycles.